The zero-order valence-electron chi connectivity index (χ0n) is 11.1. The van der Waals surface area contributed by atoms with Crippen LogP contribution in [0.25, 0.3) is 0 Å². The van der Waals surface area contributed by atoms with Crippen molar-refractivity contribution < 1.29 is 9.53 Å². The maximum absolute atomic E-state index is 12.5. The lowest BCUT2D eigenvalue weighted by molar-refractivity contribution is -0.144. The number of halogens is 1. The molecule has 4 nitrogen and oxygen atoms in total. The molecule has 18 heavy (non-hydrogen) atoms. The number of hydrogen-bond donors (Lipinski definition) is 1. The summed E-state index contributed by atoms with van der Waals surface area (Å²) in [5.41, 5.74) is 6.00. The molecule has 3 unspecified atom stereocenters. The van der Waals surface area contributed by atoms with Crippen LogP contribution in [0.3, 0.4) is 0 Å². The number of nitrogens with zero attached hydrogens (tertiary/aromatic N) is 1. The molecule has 0 aromatic carbocycles. The van der Waals surface area contributed by atoms with Crippen LogP contribution in [0.15, 0.2) is 0 Å². The van der Waals surface area contributed by atoms with E-state index in [0.29, 0.717) is 6.61 Å². The molecule has 0 saturated carbocycles. The highest BCUT2D eigenvalue weighted by molar-refractivity contribution is 5.85. The summed E-state index contributed by atoms with van der Waals surface area (Å²) < 4.78 is 5.41. The van der Waals surface area contributed by atoms with Gasteiger partial charge in [-0.15, -0.1) is 12.4 Å². The molecule has 0 radical (unpaired) electrons. The summed E-state index contributed by atoms with van der Waals surface area (Å²) in [5.74, 6) is 0.342. The Bertz CT molecular complexity index is 268. The number of carbonyl (C=O) groups is 1. The molecule has 2 aliphatic heterocycles. The van der Waals surface area contributed by atoms with E-state index in [9.17, 15) is 4.79 Å². The van der Waals surface area contributed by atoms with Crippen LogP contribution >= 0.6 is 12.4 Å². The van der Waals surface area contributed by atoms with Crippen molar-refractivity contribution in [1.29, 1.82) is 0 Å². The Morgan fingerprint density at radius 3 is 2.72 bits per heavy atom. The van der Waals surface area contributed by atoms with E-state index in [1.54, 1.807) is 0 Å². The molecule has 0 bridgehead atoms. The van der Waals surface area contributed by atoms with Gasteiger partial charge in [0.25, 0.3) is 0 Å². The summed E-state index contributed by atoms with van der Waals surface area (Å²) in [6, 6.07) is 0.307. The molecule has 2 N–H and O–H groups in total. The zero-order chi connectivity index (χ0) is 12.3. The van der Waals surface area contributed by atoms with E-state index < -0.39 is 0 Å². The lowest BCUT2D eigenvalue weighted by atomic mass is 9.93. The van der Waals surface area contributed by atoms with Gasteiger partial charge in [-0.05, 0) is 39.0 Å². The first-order valence-electron chi connectivity index (χ1n) is 6.84. The van der Waals surface area contributed by atoms with Crippen LogP contribution in [0.5, 0.6) is 0 Å². The molecular weight excluding hydrogens is 252 g/mol. The van der Waals surface area contributed by atoms with Crippen molar-refractivity contribution in [3.8, 4) is 0 Å². The third-order valence-electron chi connectivity index (χ3n) is 3.95. The minimum atomic E-state index is 0. The van der Waals surface area contributed by atoms with Crippen LogP contribution in [0.1, 0.15) is 39.0 Å². The number of rotatable bonds is 2. The molecule has 0 aliphatic carbocycles. The van der Waals surface area contributed by atoms with Crippen LogP contribution in [0, 0.1) is 5.92 Å². The second-order valence-electron chi connectivity index (χ2n) is 5.37. The van der Waals surface area contributed by atoms with E-state index in [2.05, 4.69) is 0 Å². The number of carbonyl (C=O) groups excluding carboxylic acids is 1. The Morgan fingerprint density at radius 2 is 2.11 bits per heavy atom. The van der Waals surface area contributed by atoms with Gasteiger partial charge in [-0.1, -0.05) is 0 Å². The second-order valence-corrected chi connectivity index (χ2v) is 5.37. The van der Waals surface area contributed by atoms with Gasteiger partial charge in [-0.3, -0.25) is 4.79 Å². The Labute approximate surface area is 116 Å². The lowest BCUT2D eigenvalue weighted by Gasteiger charge is -2.40. The van der Waals surface area contributed by atoms with E-state index >= 15 is 0 Å². The van der Waals surface area contributed by atoms with E-state index in [1.165, 1.54) is 6.42 Å². The second kappa shape index (κ2) is 7.31. The van der Waals surface area contributed by atoms with Gasteiger partial charge in [0, 0.05) is 25.2 Å². The topological polar surface area (TPSA) is 55.6 Å². The van der Waals surface area contributed by atoms with Crippen molar-refractivity contribution in [2.75, 3.05) is 19.8 Å². The highest BCUT2D eigenvalue weighted by Gasteiger charge is 2.33. The molecule has 0 aromatic heterocycles. The highest BCUT2D eigenvalue weighted by atomic mass is 35.5. The third-order valence-corrected chi connectivity index (χ3v) is 3.95. The maximum Gasteiger partial charge on any atom is 0.228 e. The minimum absolute atomic E-state index is 0. The van der Waals surface area contributed by atoms with Crippen molar-refractivity contribution >= 4 is 18.3 Å². The lowest BCUT2D eigenvalue weighted by Crippen LogP contribution is -2.54. The zero-order valence-corrected chi connectivity index (χ0v) is 12.0. The fraction of sp³-hybridized carbons (Fsp3) is 0.923. The van der Waals surface area contributed by atoms with E-state index in [0.717, 1.165) is 38.8 Å². The van der Waals surface area contributed by atoms with E-state index in [4.69, 9.17) is 10.5 Å². The quantitative estimate of drug-likeness (QED) is 0.833. The first-order chi connectivity index (χ1) is 8.20. The van der Waals surface area contributed by atoms with E-state index in [-0.39, 0.29) is 36.3 Å². The Hall–Kier alpha value is -0.320. The minimum Gasteiger partial charge on any atom is -0.381 e. The van der Waals surface area contributed by atoms with Gasteiger partial charge in [0.2, 0.25) is 5.91 Å². The molecule has 5 heteroatoms. The number of amides is 1. The molecule has 2 saturated heterocycles. The molecule has 0 spiro atoms. The van der Waals surface area contributed by atoms with Gasteiger partial charge in [0.05, 0.1) is 12.5 Å². The Kier molecular flexibility index (Phi) is 6.39. The molecule has 0 aromatic rings. The van der Waals surface area contributed by atoms with Gasteiger partial charge < -0.3 is 15.4 Å². The summed E-state index contributed by atoms with van der Waals surface area (Å²) in [7, 11) is 0. The molecule has 106 valence electrons. The number of likely N-dealkylation sites (tertiary alicyclic amines) is 1. The van der Waals surface area contributed by atoms with Gasteiger partial charge in [0.1, 0.15) is 0 Å². The van der Waals surface area contributed by atoms with Crippen LogP contribution in [-0.4, -0.2) is 42.6 Å². The average molecular weight is 277 g/mol. The van der Waals surface area contributed by atoms with Crippen molar-refractivity contribution in [1.82, 2.24) is 4.90 Å². The largest absolute Gasteiger partial charge is 0.381 e. The van der Waals surface area contributed by atoms with Crippen LogP contribution in [0.4, 0.5) is 0 Å². The predicted molar refractivity (Wildman–Crippen MR) is 73.8 cm³/mol. The average Bonchev–Trinajstić information content (AvgIpc) is 2.39. The predicted octanol–water partition coefficient (Wildman–Crippen LogP) is 1.56. The SMILES string of the molecule is CC(N)C1CCCCN1C(=O)C1CCCOC1.Cl. The summed E-state index contributed by atoms with van der Waals surface area (Å²) in [6.45, 7) is 4.29. The smallest absolute Gasteiger partial charge is 0.228 e. The van der Waals surface area contributed by atoms with Gasteiger partial charge >= 0.3 is 0 Å². The monoisotopic (exact) mass is 276 g/mol. The van der Waals surface area contributed by atoms with Gasteiger partial charge in [-0.2, -0.15) is 0 Å². The van der Waals surface area contributed by atoms with Crippen molar-refractivity contribution in [2.24, 2.45) is 11.7 Å². The Morgan fingerprint density at radius 1 is 1.33 bits per heavy atom. The third kappa shape index (κ3) is 3.59. The van der Waals surface area contributed by atoms with Crippen LogP contribution < -0.4 is 5.73 Å². The number of ether oxygens (including phenoxy) is 1. The number of nitrogens with two attached hydrogens (primary N) is 1. The molecule has 2 heterocycles. The summed E-state index contributed by atoms with van der Waals surface area (Å²) in [5, 5.41) is 0. The fourth-order valence-electron chi connectivity index (χ4n) is 2.95. The van der Waals surface area contributed by atoms with Gasteiger partial charge in [-0.25, -0.2) is 0 Å². The van der Waals surface area contributed by atoms with Crippen LogP contribution in [-0.2, 0) is 9.53 Å². The number of hydrogen-bond acceptors (Lipinski definition) is 3. The van der Waals surface area contributed by atoms with E-state index in [1.807, 2.05) is 11.8 Å². The van der Waals surface area contributed by atoms with Gasteiger partial charge in [0.15, 0.2) is 0 Å². The van der Waals surface area contributed by atoms with Crippen molar-refractivity contribution in [2.45, 2.75) is 51.1 Å². The normalized spacial score (nSPS) is 30.4. The van der Waals surface area contributed by atoms with Crippen molar-refractivity contribution in [3.63, 3.8) is 0 Å². The summed E-state index contributed by atoms with van der Waals surface area (Å²) in [6.07, 6.45) is 5.34. The summed E-state index contributed by atoms with van der Waals surface area (Å²) >= 11 is 0. The first kappa shape index (κ1) is 15.7. The highest BCUT2D eigenvalue weighted by Crippen LogP contribution is 2.24. The summed E-state index contributed by atoms with van der Waals surface area (Å²) in [4.78, 5) is 14.5. The molecule has 2 fully saturated rings. The van der Waals surface area contributed by atoms with Crippen molar-refractivity contribution in [3.05, 3.63) is 0 Å². The fourth-order valence-corrected chi connectivity index (χ4v) is 2.95. The van der Waals surface area contributed by atoms with Crippen LogP contribution in [0.2, 0.25) is 0 Å². The number of piperidine rings is 1. The molecule has 1 amide bonds. The first-order valence-corrected chi connectivity index (χ1v) is 6.84. The maximum atomic E-state index is 12.5. The molecule has 3 atom stereocenters. The standard InChI is InChI=1S/C13H24N2O2.ClH/c1-10(14)12-6-2-3-7-15(12)13(16)11-5-4-8-17-9-11;/h10-12H,2-9,14H2,1H3;1H. The molecule has 2 aliphatic rings. The molecule has 2 rings (SSSR count). The molecular formula is C13H25ClN2O2. The Balaban J connectivity index is 0.00000162.